The summed E-state index contributed by atoms with van der Waals surface area (Å²) in [7, 11) is 0. The number of pyridine rings is 1. The Balaban J connectivity index is 2.17. The zero-order valence-electron chi connectivity index (χ0n) is 12.5. The number of alkyl halides is 6. The van der Waals surface area contributed by atoms with Gasteiger partial charge in [-0.05, 0) is 24.3 Å². The number of hydrogen-bond donors (Lipinski definition) is 1. The maximum absolute atomic E-state index is 12.7. The largest absolute Gasteiger partial charge is 0.417 e. The van der Waals surface area contributed by atoms with Gasteiger partial charge >= 0.3 is 12.4 Å². The first kappa shape index (κ1) is 20.3. The topological polar surface area (TPSA) is 42.0 Å². The molecular formula is C15H8Cl2F6N2O. The Kier molecular flexibility index (Phi) is 5.72. The van der Waals surface area contributed by atoms with Gasteiger partial charge in [0.2, 0.25) is 5.91 Å². The smallest absolute Gasteiger partial charge is 0.324 e. The second-order valence-electron chi connectivity index (χ2n) is 5.07. The van der Waals surface area contributed by atoms with Crippen LogP contribution in [0.5, 0.6) is 0 Å². The number of nitrogens with one attached hydrogen (secondary N) is 1. The van der Waals surface area contributed by atoms with Gasteiger partial charge in [-0.2, -0.15) is 26.3 Å². The van der Waals surface area contributed by atoms with Gasteiger partial charge in [0.1, 0.15) is 0 Å². The van der Waals surface area contributed by atoms with Crippen LogP contribution in [0.3, 0.4) is 0 Å². The summed E-state index contributed by atoms with van der Waals surface area (Å²) in [5.41, 5.74) is -2.58. The molecule has 0 atom stereocenters. The molecule has 0 saturated carbocycles. The summed E-state index contributed by atoms with van der Waals surface area (Å²) in [6, 6.07) is 2.95. The molecule has 1 N–H and O–H groups in total. The Bertz CT molecular complexity index is 836. The standard InChI is InChI=1S/C15H8Cl2F6N2O/c16-9-2-1-7(14(18,19)20)4-12(9)25-13(26)5-11-10(17)3-8(6-24-11)15(21,22)23/h1-4,6H,5H2,(H,25,26). The zero-order chi connectivity index (χ0) is 19.7. The van der Waals surface area contributed by atoms with E-state index in [4.69, 9.17) is 23.2 Å². The molecule has 0 aliphatic heterocycles. The number of carbonyl (C=O) groups excluding carboxylic acids is 1. The van der Waals surface area contributed by atoms with Gasteiger partial charge in [-0.15, -0.1) is 0 Å². The molecule has 1 amide bonds. The van der Waals surface area contributed by atoms with Crippen LogP contribution in [0.4, 0.5) is 32.0 Å². The summed E-state index contributed by atoms with van der Waals surface area (Å²) in [4.78, 5) is 15.4. The Labute approximate surface area is 152 Å². The van der Waals surface area contributed by atoms with Gasteiger partial charge < -0.3 is 5.32 Å². The number of anilines is 1. The van der Waals surface area contributed by atoms with E-state index >= 15 is 0 Å². The molecule has 1 heterocycles. The lowest BCUT2D eigenvalue weighted by atomic mass is 10.1. The minimum Gasteiger partial charge on any atom is -0.324 e. The van der Waals surface area contributed by atoms with Crippen molar-refractivity contribution in [2.45, 2.75) is 18.8 Å². The van der Waals surface area contributed by atoms with E-state index in [0.29, 0.717) is 18.3 Å². The maximum atomic E-state index is 12.7. The number of rotatable bonds is 3. The van der Waals surface area contributed by atoms with E-state index < -0.39 is 40.8 Å². The molecule has 2 aromatic rings. The van der Waals surface area contributed by atoms with Crippen LogP contribution in [-0.2, 0) is 23.6 Å². The van der Waals surface area contributed by atoms with Crippen LogP contribution in [0.15, 0.2) is 30.5 Å². The van der Waals surface area contributed by atoms with Crippen molar-refractivity contribution in [3.8, 4) is 0 Å². The van der Waals surface area contributed by atoms with Crippen LogP contribution in [0.2, 0.25) is 10.0 Å². The highest BCUT2D eigenvalue weighted by molar-refractivity contribution is 6.34. The van der Waals surface area contributed by atoms with Gasteiger partial charge in [0.25, 0.3) is 0 Å². The van der Waals surface area contributed by atoms with Gasteiger partial charge in [-0.1, -0.05) is 23.2 Å². The zero-order valence-corrected chi connectivity index (χ0v) is 14.0. The van der Waals surface area contributed by atoms with Gasteiger partial charge in [0, 0.05) is 6.20 Å². The molecule has 11 heteroatoms. The van der Waals surface area contributed by atoms with Crippen molar-refractivity contribution < 1.29 is 31.1 Å². The minimum atomic E-state index is -4.65. The second kappa shape index (κ2) is 7.32. The lowest BCUT2D eigenvalue weighted by molar-refractivity contribution is -0.138. The van der Waals surface area contributed by atoms with Crippen molar-refractivity contribution in [3.05, 3.63) is 57.3 Å². The first-order valence-electron chi connectivity index (χ1n) is 6.76. The van der Waals surface area contributed by atoms with E-state index in [-0.39, 0.29) is 16.4 Å². The Morgan fingerprint density at radius 1 is 0.962 bits per heavy atom. The summed E-state index contributed by atoms with van der Waals surface area (Å²) in [5.74, 6) is -0.847. The molecule has 0 spiro atoms. The molecule has 0 fully saturated rings. The number of amides is 1. The summed E-state index contributed by atoms with van der Waals surface area (Å²) in [6.45, 7) is 0. The summed E-state index contributed by atoms with van der Waals surface area (Å²) < 4.78 is 75.7. The monoisotopic (exact) mass is 416 g/mol. The summed E-state index contributed by atoms with van der Waals surface area (Å²) in [5, 5.41) is 1.61. The average molecular weight is 417 g/mol. The summed E-state index contributed by atoms with van der Waals surface area (Å²) >= 11 is 11.4. The average Bonchev–Trinajstić information content (AvgIpc) is 2.49. The van der Waals surface area contributed by atoms with E-state index in [9.17, 15) is 31.1 Å². The molecule has 3 nitrogen and oxygen atoms in total. The number of benzene rings is 1. The number of nitrogens with zero attached hydrogens (tertiary/aromatic N) is 1. The SMILES string of the molecule is O=C(Cc1ncc(C(F)(F)F)cc1Cl)Nc1cc(C(F)(F)F)ccc1Cl. The minimum absolute atomic E-state index is 0.141. The fraction of sp³-hybridized carbons (Fsp3) is 0.200. The predicted octanol–water partition coefficient (Wildman–Crippen LogP) is 5.61. The van der Waals surface area contributed by atoms with Crippen molar-refractivity contribution >= 4 is 34.8 Å². The van der Waals surface area contributed by atoms with Gasteiger partial charge in [0.05, 0.1) is 39.0 Å². The van der Waals surface area contributed by atoms with E-state index in [2.05, 4.69) is 10.3 Å². The first-order chi connectivity index (χ1) is 11.9. The van der Waals surface area contributed by atoms with Gasteiger partial charge in [-0.3, -0.25) is 9.78 Å². The molecule has 1 aromatic carbocycles. The molecule has 1 aromatic heterocycles. The van der Waals surface area contributed by atoms with Crippen LogP contribution in [-0.4, -0.2) is 10.9 Å². The molecule has 0 radical (unpaired) electrons. The Morgan fingerprint density at radius 2 is 1.58 bits per heavy atom. The normalized spacial score (nSPS) is 12.2. The lowest BCUT2D eigenvalue weighted by Gasteiger charge is -2.12. The third kappa shape index (κ3) is 5.01. The van der Waals surface area contributed by atoms with Crippen molar-refractivity contribution in [1.82, 2.24) is 4.98 Å². The molecule has 0 bridgehead atoms. The number of hydrogen-bond acceptors (Lipinski definition) is 2. The molecule has 0 unspecified atom stereocenters. The van der Waals surface area contributed by atoms with Crippen molar-refractivity contribution in [2.24, 2.45) is 0 Å². The van der Waals surface area contributed by atoms with Crippen molar-refractivity contribution in [2.75, 3.05) is 5.32 Å². The number of halogens is 8. The third-order valence-electron chi connectivity index (χ3n) is 3.14. The van der Waals surface area contributed by atoms with E-state index in [1.54, 1.807) is 0 Å². The molecule has 0 saturated heterocycles. The molecule has 0 aliphatic rings. The fourth-order valence-corrected chi connectivity index (χ4v) is 2.29. The van der Waals surface area contributed by atoms with E-state index in [0.717, 1.165) is 12.1 Å². The molecule has 0 aliphatic carbocycles. The lowest BCUT2D eigenvalue weighted by Crippen LogP contribution is -2.17. The Hall–Kier alpha value is -2.00. The quantitative estimate of drug-likeness (QED) is 0.661. The predicted molar refractivity (Wildman–Crippen MR) is 83.0 cm³/mol. The van der Waals surface area contributed by atoms with Gasteiger partial charge in [0.15, 0.2) is 0 Å². The highest BCUT2D eigenvalue weighted by atomic mass is 35.5. The maximum Gasteiger partial charge on any atom is 0.417 e. The van der Waals surface area contributed by atoms with Gasteiger partial charge in [-0.25, -0.2) is 0 Å². The highest BCUT2D eigenvalue weighted by Gasteiger charge is 2.32. The van der Waals surface area contributed by atoms with E-state index in [1.807, 2.05) is 0 Å². The van der Waals surface area contributed by atoms with Crippen LogP contribution < -0.4 is 5.32 Å². The van der Waals surface area contributed by atoms with Crippen LogP contribution in [0, 0.1) is 0 Å². The summed E-state index contributed by atoms with van der Waals surface area (Å²) in [6.07, 6.45) is -9.33. The van der Waals surface area contributed by atoms with Crippen molar-refractivity contribution in [3.63, 3.8) is 0 Å². The molecular weight excluding hydrogens is 409 g/mol. The fourth-order valence-electron chi connectivity index (χ4n) is 1.90. The van der Waals surface area contributed by atoms with Crippen LogP contribution in [0.1, 0.15) is 16.8 Å². The Morgan fingerprint density at radius 3 is 2.12 bits per heavy atom. The second-order valence-corrected chi connectivity index (χ2v) is 5.88. The number of aromatic nitrogens is 1. The first-order valence-corrected chi connectivity index (χ1v) is 7.51. The highest BCUT2D eigenvalue weighted by Crippen LogP contribution is 2.34. The van der Waals surface area contributed by atoms with E-state index in [1.165, 1.54) is 0 Å². The van der Waals surface area contributed by atoms with Crippen LogP contribution >= 0.6 is 23.2 Å². The molecule has 26 heavy (non-hydrogen) atoms. The molecule has 140 valence electrons. The van der Waals surface area contributed by atoms with Crippen LogP contribution in [0.25, 0.3) is 0 Å². The number of carbonyl (C=O) groups is 1. The van der Waals surface area contributed by atoms with Crippen molar-refractivity contribution in [1.29, 1.82) is 0 Å². The third-order valence-corrected chi connectivity index (χ3v) is 3.80. The molecule has 2 rings (SSSR count).